The van der Waals surface area contributed by atoms with E-state index in [9.17, 15) is 9.90 Å². The Morgan fingerprint density at radius 1 is 1.50 bits per heavy atom. The van der Waals surface area contributed by atoms with Gasteiger partial charge in [0.2, 0.25) is 0 Å². The molecule has 0 aromatic carbocycles. The number of hydrogen-bond acceptors (Lipinski definition) is 5. The summed E-state index contributed by atoms with van der Waals surface area (Å²) in [4.78, 5) is 15.6. The Morgan fingerprint density at radius 2 is 2.30 bits per heavy atom. The zero-order valence-corrected chi connectivity index (χ0v) is 11.0. The summed E-state index contributed by atoms with van der Waals surface area (Å²) in [5.74, 6) is -0.0119. The molecule has 2 aliphatic rings. The molecule has 2 N–H and O–H groups in total. The summed E-state index contributed by atoms with van der Waals surface area (Å²) < 4.78 is 5.56. The quantitative estimate of drug-likeness (QED) is 0.624. The molecule has 0 bridgehead atoms. The molecule has 1 saturated heterocycles. The molecule has 1 aromatic rings. The Labute approximate surface area is 116 Å². The minimum absolute atomic E-state index is 0.0414. The van der Waals surface area contributed by atoms with Gasteiger partial charge < -0.3 is 9.84 Å². The number of carbonyl (C=O) groups is 1. The summed E-state index contributed by atoms with van der Waals surface area (Å²) >= 11 is 0. The van der Waals surface area contributed by atoms with E-state index in [-0.39, 0.29) is 17.9 Å². The average Bonchev–Trinajstić information content (AvgIpc) is 3.02. The van der Waals surface area contributed by atoms with Crippen LogP contribution in [0.1, 0.15) is 23.2 Å². The lowest BCUT2D eigenvalue weighted by Gasteiger charge is -2.14. The van der Waals surface area contributed by atoms with Gasteiger partial charge in [-0.3, -0.25) is 9.78 Å². The van der Waals surface area contributed by atoms with E-state index in [4.69, 9.17) is 4.74 Å². The summed E-state index contributed by atoms with van der Waals surface area (Å²) in [6, 6.07) is 3.24. The third kappa shape index (κ3) is 2.57. The van der Waals surface area contributed by atoms with E-state index in [1.807, 2.05) is 0 Å². The Hall–Kier alpha value is -1.79. The predicted molar refractivity (Wildman–Crippen MR) is 72.2 cm³/mol. The van der Waals surface area contributed by atoms with Crippen molar-refractivity contribution in [2.75, 3.05) is 6.61 Å². The van der Waals surface area contributed by atoms with Gasteiger partial charge in [0, 0.05) is 43.1 Å². The third-order valence-corrected chi connectivity index (χ3v) is 4.03. The molecule has 20 heavy (non-hydrogen) atoms. The number of carbonyl (C=O) groups excluding carboxylic acids is 1. The molecule has 6 nitrogen and oxygen atoms in total. The van der Waals surface area contributed by atoms with Crippen LogP contribution < -0.4 is 5.43 Å². The van der Waals surface area contributed by atoms with E-state index in [1.165, 1.54) is 0 Å². The number of hydrogen-bond donors (Lipinski definition) is 2. The van der Waals surface area contributed by atoms with Crippen molar-refractivity contribution in [1.29, 1.82) is 0 Å². The molecule has 6 heteroatoms. The van der Waals surface area contributed by atoms with Crippen LogP contribution in [-0.2, 0) is 4.74 Å². The summed E-state index contributed by atoms with van der Waals surface area (Å²) in [7, 11) is 0. The molecule has 1 aliphatic carbocycles. The number of nitrogens with one attached hydrogen (secondary N) is 1. The van der Waals surface area contributed by atoms with Crippen molar-refractivity contribution in [3.05, 3.63) is 30.1 Å². The van der Waals surface area contributed by atoms with Crippen LogP contribution in [0.5, 0.6) is 0 Å². The lowest BCUT2D eigenvalue weighted by molar-refractivity contribution is 0.0811. The van der Waals surface area contributed by atoms with E-state index in [1.54, 1.807) is 30.7 Å². The molecule has 0 spiro atoms. The number of fused-ring (bicyclic) bond motifs is 1. The third-order valence-electron chi connectivity index (χ3n) is 4.03. The van der Waals surface area contributed by atoms with E-state index >= 15 is 0 Å². The van der Waals surface area contributed by atoms with Crippen molar-refractivity contribution in [1.82, 2.24) is 10.4 Å². The Balaban J connectivity index is 1.59. The fraction of sp³-hybridized carbons (Fsp3) is 0.500. The van der Waals surface area contributed by atoms with Gasteiger partial charge in [0.1, 0.15) is 0 Å². The van der Waals surface area contributed by atoms with Crippen LogP contribution in [0.25, 0.3) is 0 Å². The monoisotopic (exact) mass is 275 g/mol. The first-order chi connectivity index (χ1) is 9.75. The number of amides is 1. The zero-order chi connectivity index (χ0) is 13.9. The van der Waals surface area contributed by atoms with E-state index in [0.29, 0.717) is 17.9 Å². The fourth-order valence-electron chi connectivity index (χ4n) is 2.99. The number of ether oxygens (including phenoxy) is 1. The first-order valence-corrected chi connectivity index (χ1v) is 6.79. The van der Waals surface area contributed by atoms with Crippen molar-refractivity contribution in [3.63, 3.8) is 0 Å². The zero-order valence-electron chi connectivity index (χ0n) is 11.0. The standard InChI is InChI=1S/C14H17N3O3/c18-12-7-13-10(3-6-20-13)11(12)8-16-17-14(19)9-1-4-15-5-2-9/h1-2,4-5,8,10-13,18H,3,6-7H2,(H,17,19)/t10-,11-,12-,13+/m0/s1. The second-order valence-corrected chi connectivity index (χ2v) is 5.20. The van der Waals surface area contributed by atoms with Crippen LogP contribution in [0.4, 0.5) is 0 Å². The maximum absolute atomic E-state index is 11.8. The van der Waals surface area contributed by atoms with Crippen LogP contribution in [0.3, 0.4) is 0 Å². The van der Waals surface area contributed by atoms with Crippen molar-refractivity contribution in [2.45, 2.75) is 25.0 Å². The highest BCUT2D eigenvalue weighted by Crippen LogP contribution is 2.39. The van der Waals surface area contributed by atoms with Crippen molar-refractivity contribution < 1.29 is 14.6 Å². The largest absolute Gasteiger partial charge is 0.392 e. The summed E-state index contributed by atoms with van der Waals surface area (Å²) in [5.41, 5.74) is 2.98. The van der Waals surface area contributed by atoms with Crippen LogP contribution in [0.15, 0.2) is 29.6 Å². The number of aliphatic hydroxyl groups excluding tert-OH is 1. The van der Waals surface area contributed by atoms with Gasteiger partial charge in [-0.2, -0.15) is 5.10 Å². The molecule has 1 saturated carbocycles. The topological polar surface area (TPSA) is 83.8 Å². The minimum atomic E-state index is -0.438. The Kier molecular flexibility index (Phi) is 3.75. The van der Waals surface area contributed by atoms with Gasteiger partial charge in [-0.25, -0.2) is 5.43 Å². The predicted octanol–water partition coefficient (Wildman–Crippen LogP) is 0.583. The number of aromatic nitrogens is 1. The molecule has 0 radical (unpaired) electrons. The highest BCUT2D eigenvalue weighted by molar-refractivity contribution is 5.94. The van der Waals surface area contributed by atoms with Gasteiger partial charge >= 0.3 is 0 Å². The summed E-state index contributed by atoms with van der Waals surface area (Å²) in [6.07, 6.45) is 6.04. The van der Waals surface area contributed by atoms with Gasteiger partial charge in [0.25, 0.3) is 5.91 Å². The number of hydrazone groups is 1. The first-order valence-electron chi connectivity index (χ1n) is 6.79. The molecule has 0 unspecified atom stereocenters. The maximum atomic E-state index is 11.8. The fourth-order valence-corrected chi connectivity index (χ4v) is 2.99. The van der Waals surface area contributed by atoms with Crippen LogP contribution in [-0.4, -0.2) is 41.0 Å². The van der Waals surface area contributed by atoms with Gasteiger partial charge in [-0.15, -0.1) is 0 Å². The van der Waals surface area contributed by atoms with Crippen molar-refractivity contribution in [2.24, 2.45) is 16.9 Å². The molecular weight excluding hydrogens is 258 g/mol. The summed E-state index contributed by atoms with van der Waals surface area (Å²) in [5, 5.41) is 14.0. The Morgan fingerprint density at radius 3 is 3.10 bits per heavy atom. The maximum Gasteiger partial charge on any atom is 0.271 e. The number of nitrogens with zero attached hydrogens (tertiary/aromatic N) is 2. The lowest BCUT2D eigenvalue weighted by Crippen LogP contribution is -2.24. The second-order valence-electron chi connectivity index (χ2n) is 5.20. The number of aliphatic hydroxyl groups is 1. The van der Waals surface area contributed by atoms with Crippen LogP contribution in [0.2, 0.25) is 0 Å². The molecule has 1 aromatic heterocycles. The van der Waals surface area contributed by atoms with E-state index in [2.05, 4.69) is 15.5 Å². The molecular formula is C14H17N3O3. The first kappa shape index (κ1) is 13.2. The smallest absolute Gasteiger partial charge is 0.271 e. The molecule has 1 amide bonds. The molecule has 106 valence electrons. The lowest BCUT2D eigenvalue weighted by atomic mass is 9.94. The average molecular weight is 275 g/mol. The minimum Gasteiger partial charge on any atom is -0.392 e. The van der Waals surface area contributed by atoms with Gasteiger partial charge in [0.15, 0.2) is 0 Å². The highest BCUT2D eigenvalue weighted by atomic mass is 16.5. The highest BCUT2D eigenvalue weighted by Gasteiger charge is 2.45. The normalized spacial score (nSPS) is 32.5. The molecule has 1 aliphatic heterocycles. The van der Waals surface area contributed by atoms with Crippen molar-refractivity contribution >= 4 is 12.1 Å². The van der Waals surface area contributed by atoms with Gasteiger partial charge in [-0.1, -0.05) is 0 Å². The molecule has 2 fully saturated rings. The molecule has 2 heterocycles. The SMILES string of the molecule is O=C(NN=C[C@H]1[C@@H]2CCO[C@@H]2C[C@@H]1O)c1ccncc1. The van der Waals surface area contributed by atoms with Crippen molar-refractivity contribution in [3.8, 4) is 0 Å². The number of pyridine rings is 1. The van der Waals surface area contributed by atoms with E-state index in [0.717, 1.165) is 13.0 Å². The molecule has 4 atom stereocenters. The van der Waals surface area contributed by atoms with Gasteiger partial charge in [0.05, 0.1) is 12.2 Å². The second kappa shape index (κ2) is 5.68. The van der Waals surface area contributed by atoms with E-state index < -0.39 is 6.10 Å². The summed E-state index contributed by atoms with van der Waals surface area (Å²) in [6.45, 7) is 0.746. The Bertz CT molecular complexity index is 506. The van der Waals surface area contributed by atoms with Crippen LogP contribution >= 0.6 is 0 Å². The molecule has 3 rings (SSSR count). The number of rotatable bonds is 3. The van der Waals surface area contributed by atoms with Crippen LogP contribution in [0, 0.1) is 11.8 Å². The van der Waals surface area contributed by atoms with Gasteiger partial charge in [-0.05, 0) is 24.5 Å².